The van der Waals surface area contributed by atoms with Crippen molar-refractivity contribution in [2.24, 2.45) is 5.41 Å². The fourth-order valence-corrected chi connectivity index (χ4v) is 1.62. The molecule has 0 radical (unpaired) electrons. The van der Waals surface area contributed by atoms with Crippen LogP contribution in [0.1, 0.15) is 33.6 Å². The molecular formula is C10H24NP. The fraction of sp³-hybridized carbons (Fsp3) is 1.00. The van der Waals surface area contributed by atoms with E-state index in [0.717, 1.165) is 15.1 Å². The third-order valence-electron chi connectivity index (χ3n) is 1.69. The summed E-state index contributed by atoms with van der Waals surface area (Å²) in [6.45, 7) is 11.4. The van der Waals surface area contributed by atoms with Gasteiger partial charge in [0.2, 0.25) is 0 Å². The minimum absolute atomic E-state index is 0.437. The van der Waals surface area contributed by atoms with Crippen molar-refractivity contribution >= 4 is 8.58 Å². The van der Waals surface area contributed by atoms with Crippen molar-refractivity contribution in [3.63, 3.8) is 0 Å². The zero-order valence-corrected chi connectivity index (χ0v) is 10.0. The van der Waals surface area contributed by atoms with Crippen molar-refractivity contribution in [3.05, 3.63) is 0 Å². The topological polar surface area (TPSA) is 12.0 Å². The molecule has 0 aromatic heterocycles. The summed E-state index contributed by atoms with van der Waals surface area (Å²) < 4.78 is 0. The van der Waals surface area contributed by atoms with Crippen LogP contribution in [0.25, 0.3) is 0 Å². The first-order valence-corrected chi connectivity index (χ1v) is 6.62. The third-order valence-corrected chi connectivity index (χ3v) is 2.54. The third kappa shape index (κ3) is 10.4. The Morgan fingerprint density at radius 3 is 2.33 bits per heavy atom. The van der Waals surface area contributed by atoms with Crippen molar-refractivity contribution in [1.29, 1.82) is 0 Å². The normalized spacial score (nSPS) is 13.0. The molecule has 0 rings (SSSR count). The molecule has 0 aliphatic carbocycles. The zero-order valence-electron chi connectivity index (χ0n) is 9.04. The molecule has 0 aromatic carbocycles. The highest BCUT2D eigenvalue weighted by Crippen LogP contribution is 2.10. The first kappa shape index (κ1) is 12.4. The van der Waals surface area contributed by atoms with Crippen LogP contribution in [0.3, 0.4) is 0 Å². The Morgan fingerprint density at radius 1 is 1.17 bits per heavy atom. The highest BCUT2D eigenvalue weighted by molar-refractivity contribution is 7.36. The molecule has 0 bridgehead atoms. The molecule has 0 saturated carbocycles. The molecule has 1 nitrogen and oxygen atoms in total. The van der Waals surface area contributed by atoms with Crippen LogP contribution < -0.4 is 5.32 Å². The van der Waals surface area contributed by atoms with Gasteiger partial charge in [0.15, 0.2) is 0 Å². The van der Waals surface area contributed by atoms with E-state index in [2.05, 4.69) is 32.8 Å². The lowest BCUT2D eigenvalue weighted by Crippen LogP contribution is -2.27. The molecule has 0 aromatic rings. The Labute approximate surface area is 79.5 Å². The van der Waals surface area contributed by atoms with Crippen LogP contribution in [0.2, 0.25) is 0 Å². The SMILES string of the molecule is CPCCCCNCC(C)(C)C. The Hall–Kier alpha value is 0.390. The highest BCUT2D eigenvalue weighted by atomic mass is 31.1. The van der Waals surface area contributed by atoms with Gasteiger partial charge in [-0.3, -0.25) is 0 Å². The number of unbranched alkanes of at least 4 members (excludes halogenated alkanes) is 1. The number of hydrogen-bond acceptors (Lipinski definition) is 1. The number of nitrogens with one attached hydrogen (secondary N) is 1. The Morgan fingerprint density at radius 2 is 1.83 bits per heavy atom. The Bertz CT molecular complexity index is 96.5. The van der Waals surface area contributed by atoms with Gasteiger partial charge in [0, 0.05) is 0 Å². The maximum absolute atomic E-state index is 3.49. The summed E-state index contributed by atoms with van der Waals surface area (Å²) in [5, 5.41) is 3.49. The number of rotatable bonds is 6. The van der Waals surface area contributed by atoms with Gasteiger partial charge in [-0.25, -0.2) is 0 Å². The summed E-state index contributed by atoms with van der Waals surface area (Å²) in [7, 11) is 1.13. The summed E-state index contributed by atoms with van der Waals surface area (Å²) in [6, 6.07) is 0. The van der Waals surface area contributed by atoms with Crippen LogP contribution in [-0.4, -0.2) is 25.9 Å². The molecule has 2 heteroatoms. The van der Waals surface area contributed by atoms with Gasteiger partial charge < -0.3 is 5.32 Å². The van der Waals surface area contributed by atoms with Gasteiger partial charge in [0.25, 0.3) is 0 Å². The maximum atomic E-state index is 3.49. The molecule has 1 atom stereocenters. The van der Waals surface area contributed by atoms with Gasteiger partial charge in [0.05, 0.1) is 0 Å². The van der Waals surface area contributed by atoms with E-state index in [1.807, 2.05) is 0 Å². The van der Waals surface area contributed by atoms with Gasteiger partial charge in [-0.05, 0) is 44.2 Å². The second kappa shape index (κ2) is 6.86. The molecule has 0 saturated heterocycles. The average molecular weight is 189 g/mol. The van der Waals surface area contributed by atoms with Crippen LogP contribution in [0.4, 0.5) is 0 Å². The van der Waals surface area contributed by atoms with Crippen LogP contribution >= 0.6 is 8.58 Å². The minimum atomic E-state index is 0.437. The standard InChI is InChI=1S/C10H24NP/c1-10(2,3)9-11-7-5-6-8-12-4/h11-12H,5-9H2,1-4H3. The lowest BCUT2D eigenvalue weighted by atomic mass is 9.97. The van der Waals surface area contributed by atoms with E-state index < -0.39 is 0 Å². The summed E-state index contributed by atoms with van der Waals surface area (Å²) in [5.41, 5.74) is 0.437. The van der Waals surface area contributed by atoms with E-state index in [1.54, 1.807) is 0 Å². The zero-order chi connectivity index (χ0) is 9.45. The molecule has 0 amide bonds. The fourth-order valence-electron chi connectivity index (χ4n) is 1.02. The van der Waals surface area contributed by atoms with E-state index in [-0.39, 0.29) is 0 Å². The van der Waals surface area contributed by atoms with Crippen LogP contribution in [0, 0.1) is 5.41 Å². The van der Waals surface area contributed by atoms with Crippen LogP contribution in [0.5, 0.6) is 0 Å². The largest absolute Gasteiger partial charge is 0.316 e. The van der Waals surface area contributed by atoms with Crippen molar-refractivity contribution in [2.45, 2.75) is 33.6 Å². The van der Waals surface area contributed by atoms with Gasteiger partial charge in [-0.2, -0.15) is 0 Å². The van der Waals surface area contributed by atoms with Gasteiger partial charge >= 0.3 is 0 Å². The quantitative estimate of drug-likeness (QED) is 0.500. The van der Waals surface area contributed by atoms with Gasteiger partial charge in [0.1, 0.15) is 0 Å². The Balaban J connectivity index is 3.01. The summed E-state index contributed by atoms with van der Waals surface area (Å²) >= 11 is 0. The lowest BCUT2D eigenvalue weighted by molar-refractivity contribution is 0.379. The summed E-state index contributed by atoms with van der Waals surface area (Å²) in [4.78, 5) is 0. The molecule has 0 spiro atoms. The predicted octanol–water partition coefficient (Wildman–Crippen LogP) is 2.71. The van der Waals surface area contributed by atoms with Gasteiger partial charge in [-0.1, -0.05) is 20.8 Å². The number of hydrogen-bond donors (Lipinski definition) is 1. The summed E-state index contributed by atoms with van der Waals surface area (Å²) in [6.07, 6.45) is 4.15. The van der Waals surface area contributed by atoms with Crippen LogP contribution in [-0.2, 0) is 0 Å². The first-order valence-electron chi connectivity index (χ1n) is 4.91. The lowest BCUT2D eigenvalue weighted by Gasteiger charge is -2.18. The Kier molecular flexibility index (Phi) is 7.08. The van der Waals surface area contributed by atoms with Crippen LogP contribution in [0.15, 0.2) is 0 Å². The van der Waals surface area contributed by atoms with Gasteiger partial charge in [-0.15, -0.1) is 8.58 Å². The van der Waals surface area contributed by atoms with Crippen molar-refractivity contribution < 1.29 is 0 Å². The average Bonchev–Trinajstić information content (AvgIpc) is 1.94. The van der Waals surface area contributed by atoms with E-state index in [9.17, 15) is 0 Å². The molecule has 0 heterocycles. The van der Waals surface area contributed by atoms with E-state index >= 15 is 0 Å². The van der Waals surface area contributed by atoms with Crippen molar-refractivity contribution in [1.82, 2.24) is 5.32 Å². The van der Waals surface area contributed by atoms with Crippen molar-refractivity contribution in [2.75, 3.05) is 25.9 Å². The molecule has 12 heavy (non-hydrogen) atoms. The van der Waals surface area contributed by atoms with Crippen molar-refractivity contribution in [3.8, 4) is 0 Å². The first-order chi connectivity index (χ1) is 5.56. The summed E-state index contributed by atoms with van der Waals surface area (Å²) in [5.74, 6) is 0. The molecular weight excluding hydrogens is 165 g/mol. The smallest absolute Gasteiger partial charge is 0.0000126 e. The van der Waals surface area contributed by atoms with E-state index in [0.29, 0.717) is 5.41 Å². The maximum Gasteiger partial charge on any atom is -0.0000126 e. The van der Waals surface area contributed by atoms with E-state index in [4.69, 9.17) is 0 Å². The molecule has 0 aliphatic rings. The molecule has 1 N–H and O–H groups in total. The second-order valence-electron chi connectivity index (χ2n) is 4.55. The van der Waals surface area contributed by atoms with E-state index in [1.165, 1.54) is 25.5 Å². The predicted molar refractivity (Wildman–Crippen MR) is 60.7 cm³/mol. The second-order valence-corrected chi connectivity index (χ2v) is 5.76. The highest BCUT2D eigenvalue weighted by Gasteiger charge is 2.07. The molecule has 0 aliphatic heterocycles. The molecule has 74 valence electrons. The minimum Gasteiger partial charge on any atom is -0.316 e. The monoisotopic (exact) mass is 189 g/mol. The molecule has 0 fully saturated rings. The molecule has 1 unspecified atom stereocenters.